The summed E-state index contributed by atoms with van der Waals surface area (Å²) in [5.74, 6) is 0.0168. The molecule has 0 aliphatic rings. The predicted molar refractivity (Wildman–Crippen MR) is 82.9 cm³/mol. The van der Waals surface area contributed by atoms with Gasteiger partial charge in [-0.25, -0.2) is 15.0 Å². The Morgan fingerprint density at radius 3 is 2.45 bits per heavy atom. The zero-order chi connectivity index (χ0) is 15.9. The molecular weight excluding hydrogens is 282 g/mol. The molecule has 6 nitrogen and oxygen atoms in total. The molecule has 2 amide bonds. The molecular formula is C16H15N3O3. The smallest absolute Gasteiger partial charge is 0.343 e. The summed E-state index contributed by atoms with van der Waals surface area (Å²) in [5, 5.41) is 3.63. The molecule has 112 valence electrons. The molecule has 3 N–H and O–H groups in total. The first-order valence-corrected chi connectivity index (χ1v) is 6.52. The fraction of sp³-hybridized carbons (Fsp3) is 0.0625. The zero-order valence-corrected chi connectivity index (χ0v) is 11.9. The van der Waals surface area contributed by atoms with Crippen molar-refractivity contribution in [2.24, 2.45) is 10.8 Å². The van der Waals surface area contributed by atoms with E-state index in [1.165, 1.54) is 6.21 Å². The lowest BCUT2D eigenvalue weighted by Gasteiger charge is -2.06. The summed E-state index contributed by atoms with van der Waals surface area (Å²) in [6, 6.07) is 13.2. The zero-order valence-electron chi connectivity index (χ0n) is 11.9. The number of nitrogens with zero attached hydrogens (tertiary/aromatic N) is 1. The number of hydrogen-bond donors (Lipinski definition) is 2. The minimum Gasteiger partial charge on any atom is -0.423 e. The van der Waals surface area contributed by atoms with Crippen LogP contribution in [-0.2, 0) is 0 Å². The average molecular weight is 297 g/mol. The molecule has 2 aromatic rings. The van der Waals surface area contributed by atoms with Crippen molar-refractivity contribution in [3.63, 3.8) is 0 Å². The maximum Gasteiger partial charge on any atom is 0.343 e. The highest BCUT2D eigenvalue weighted by atomic mass is 16.5. The molecule has 0 saturated heterocycles. The van der Waals surface area contributed by atoms with E-state index in [0.717, 1.165) is 11.1 Å². The first-order valence-electron chi connectivity index (χ1n) is 6.52. The molecule has 0 atom stereocenters. The topological polar surface area (TPSA) is 93.8 Å². The Morgan fingerprint density at radius 1 is 1.14 bits per heavy atom. The van der Waals surface area contributed by atoms with Crippen LogP contribution in [0.2, 0.25) is 0 Å². The third-order valence-electron chi connectivity index (χ3n) is 2.84. The van der Waals surface area contributed by atoms with Gasteiger partial charge in [-0.2, -0.15) is 5.10 Å². The minimum atomic E-state index is -0.736. The summed E-state index contributed by atoms with van der Waals surface area (Å²) in [4.78, 5) is 22.5. The SMILES string of the molecule is Cc1ccccc1C(=O)Oc1ccc(/C=N\NC(N)=O)cc1. The number of primary amides is 1. The van der Waals surface area contributed by atoms with Crippen LogP contribution >= 0.6 is 0 Å². The fourth-order valence-corrected chi connectivity index (χ4v) is 1.76. The number of nitrogens with two attached hydrogens (primary N) is 1. The highest BCUT2D eigenvalue weighted by molar-refractivity contribution is 5.92. The summed E-state index contributed by atoms with van der Waals surface area (Å²) in [5.41, 5.74) is 9.08. The number of rotatable bonds is 4. The Hall–Kier alpha value is -3.15. The average Bonchev–Trinajstić information content (AvgIpc) is 2.49. The lowest BCUT2D eigenvalue weighted by Crippen LogP contribution is -2.24. The van der Waals surface area contributed by atoms with E-state index >= 15 is 0 Å². The molecule has 0 aromatic heterocycles. The Balaban J connectivity index is 2.02. The normalized spacial score (nSPS) is 10.4. The van der Waals surface area contributed by atoms with Crippen LogP contribution in [-0.4, -0.2) is 18.2 Å². The van der Waals surface area contributed by atoms with Crippen LogP contribution in [0.3, 0.4) is 0 Å². The van der Waals surface area contributed by atoms with Gasteiger partial charge in [0, 0.05) is 0 Å². The van der Waals surface area contributed by atoms with Crippen molar-refractivity contribution < 1.29 is 14.3 Å². The third-order valence-corrected chi connectivity index (χ3v) is 2.84. The van der Waals surface area contributed by atoms with Gasteiger partial charge in [0.05, 0.1) is 11.8 Å². The first kappa shape index (κ1) is 15.2. The van der Waals surface area contributed by atoms with Gasteiger partial charge in [0.25, 0.3) is 0 Å². The second-order valence-electron chi connectivity index (χ2n) is 4.51. The van der Waals surface area contributed by atoms with Gasteiger partial charge in [-0.1, -0.05) is 18.2 Å². The lowest BCUT2D eigenvalue weighted by molar-refractivity contribution is 0.0734. The summed E-state index contributed by atoms with van der Waals surface area (Å²) in [6.45, 7) is 1.85. The first-order chi connectivity index (χ1) is 10.6. The third kappa shape index (κ3) is 4.17. The van der Waals surface area contributed by atoms with Crippen molar-refractivity contribution in [2.75, 3.05) is 0 Å². The monoisotopic (exact) mass is 297 g/mol. The van der Waals surface area contributed by atoms with Gasteiger partial charge in [0.1, 0.15) is 5.75 Å². The number of urea groups is 1. The molecule has 0 heterocycles. The van der Waals surface area contributed by atoms with Gasteiger partial charge >= 0.3 is 12.0 Å². The number of benzene rings is 2. The second kappa shape index (κ2) is 7.03. The number of nitrogens with one attached hydrogen (secondary N) is 1. The van der Waals surface area contributed by atoms with E-state index in [4.69, 9.17) is 10.5 Å². The van der Waals surface area contributed by atoms with Crippen LogP contribution in [0.25, 0.3) is 0 Å². The second-order valence-corrected chi connectivity index (χ2v) is 4.51. The molecule has 0 unspecified atom stereocenters. The van der Waals surface area contributed by atoms with E-state index in [-0.39, 0.29) is 0 Å². The summed E-state index contributed by atoms with van der Waals surface area (Å²) >= 11 is 0. The number of hydrogen-bond acceptors (Lipinski definition) is 4. The Labute approximate surface area is 127 Å². The molecule has 2 rings (SSSR count). The van der Waals surface area contributed by atoms with Crippen molar-refractivity contribution in [3.8, 4) is 5.75 Å². The molecule has 0 aliphatic heterocycles. The summed E-state index contributed by atoms with van der Waals surface area (Å²) in [6.07, 6.45) is 1.43. The molecule has 6 heteroatoms. The van der Waals surface area contributed by atoms with Crippen LogP contribution in [0.1, 0.15) is 21.5 Å². The predicted octanol–water partition coefficient (Wildman–Crippen LogP) is 2.22. The van der Waals surface area contributed by atoms with E-state index in [9.17, 15) is 9.59 Å². The fourth-order valence-electron chi connectivity index (χ4n) is 1.76. The van der Waals surface area contributed by atoms with Gasteiger partial charge in [0.2, 0.25) is 0 Å². The molecule has 22 heavy (non-hydrogen) atoms. The number of amides is 2. The number of carbonyl (C=O) groups is 2. The van der Waals surface area contributed by atoms with Crippen molar-refractivity contribution in [1.29, 1.82) is 0 Å². The molecule has 0 bridgehead atoms. The molecule has 0 spiro atoms. The lowest BCUT2D eigenvalue weighted by atomic mass is 10.1. The number of aryl methyl sites for hydroxylation is 1. The molecule has 0 aliphatic carbocycles. The van der Waals surface area contributed by atoms with E-state index < -0.39 is 12.0 Å². The van der Waals surface area contributed by atoms with Crippen LogP contribution in [0.4, 0.5) is 4.79 Å². The Kier molecular flexibility index (Phi) is 4.87. The van der Waals surface area contributed by atoms with Crippen molar-refractivity contribution >= 4 is 18.2 Å². The summed E-state index contributed by atoms with van der Waals surface area (Å²) in [7, 11) is 0. The quantitative estimate of drug-likeness (QED) is 0.392. The number of esters is 1. The molecule has 0 saturated carbocycles. The number of hydrazone groups is 1. The molecule has 2 aromatic carbocycles. The minimum absolute atomic E-state index is 0.407. The molecule has 0 fully saturated rings. The van der Waals surface area contributed by atoms with Crippen LogP contribution < -0.4 is 15.9 Å². The highest BCUT2D eigenvalue weighted by Crippen LogP contribution is 2.15. The Morgan fingerprint density at radius 2 is 1.82 bits per heavy atom. The maximum atomic E-state index is 12.1. The molecule has 0 radical (unpaired) electrons. The maximum absolute atomic E-state index is 12.1. The van der Waals surface area contributed by atoms with Crippen LogP contribution in [0, 0.1) is 6.92 Å². The standard InChI is InChI=1S/C16H15N3O3/c1-11-4-2-3-5-14(11)15(20)22-13-8-6-12(7-9-13)10-18-19-16(17)21/h2-10H,1H3,(H3,17,19,21)/b18-10-. The Bertz CT molecular complexity index is 709. The van der Waals surface area contributed by atoms with E-state index in [2.05, 4.69) is 10.5 Å². The van der Waals surface area contributed by atoms with Gasteiger partial charge in [0.15, 0.2) is 0 Å². The van der Waals surface area contributed by atoms with Gasteiger partial charge in [-0.3, -0.25) is 0 Å². The van der Waals surface area contributed by atoms with E-state index in [0.29, 0.717) is 11.3 Å². The van der Waals surface area contributed by atoms with Crippen molar-refractivity contribution in [3.05, 3.63) is 65.2 Å². The highest BCUT2D eigenvalue weighted by Gasteiger charge is 2.10. The van der Waals surface area contributed by atoms with Gasteiger partial charge < -0.3 is 10.5 Å². The number of carbonyl (C=O) groups excluding carboxylic acids is 2. The van der Waals surface area contributed by atoms with E-state index in [1.807, 2.05) is 19.1 Å². The van der Waals surface area contributed by atoms with Gasteiger partial charge in [-0.05, 0) is 48.4 Å². The van der Waals surface area contributed by atoms with Crippen LogP contribution in [0.15, 0.2) is 53.6 Å². The van der Waals surface area contributed by atoms with Gasteiger partial charge in [-0.15, -0.1) is 0 Å². The summed E-state index contributed by atoms with van der Waals surface area (Å²) < 4.78 is 5.31. The van der Waals surface area contributed by atoms with Crippen molar-refractivity contribution in [2.45, 2.75) is 6.92 Å². The van der Waals surface area contributed by atoms with Crippen LogP contribution in [0.5, 0.6) is 5.75 Å². The van der Waals surface area contributed by atoms with Crippen molar-refractivity contribution in [1.82, 2.24) is 5.43 Å². The van der Waals surface area contributed by atoms with E-state index in [1.54, 1.807) is 36.4 Å². The number of ether oxygens (including phenoxy) is 1. The largest absolute Gasteiger partial charge is 0.423 e.